The van der Waals surface area contributed by atoms with E-state index in [0.717, 1.165) is 11.1 Å². The van der Waals surface area contributed by atoms with Crippen molar-refractivity contribution >= 4 is 15.8 Å². The predicted molar refractivity (Wildman–Crippen MR) is 83.0 cm³/mol. The molecule has 0 spiro atoms. The molecule has 0 atom stereocenters. The largest absolute Gasteiger partial charge is 0.456 e. The first-order valence-corrected chi connectivity index (χ1v) is 8.35. The van der Waals surface area contributed by atoms with Crippen molar-refractivity contribution in [1.29, 1.82) is 0 Å². The summed E-state index contributed by atoms with van der Waals surface area (Å²) in [6.45, 7) is 3.28. The molecule has 0 aliphatic rings. The van der Waals surface area contributed by atoms with Gasteiger partial charge in [-0.2, -0.15) is 0 Å². The molecule has 0 radical (unpaired) electrons. The molecule has 2 heterocycles. The van der Waals surface area contributed by atoms with Crippen LogP contribution in [0.2, 0.25) is 0 Å². The van der Waals surface area contributed by atoms with Gasteiger partial charge in [-0.3, -0.25) is 4.52 Å². The Hall–Kier alpha value is -2.88. The van der Waals surface area contributed by atoms with Gasteiger partial charge in [0.05, 0.1) is 0 Å². The van der Waals surface area contributed by atoms with Gasteiger partial charge < -0.3 is 10.3 Å². The van der Waals surface area contributed by atoms with Crippen LogP contribution in [0.3, 0.4) is 0 Å². The van der Waals surface area contributed by atoms with Crippen LogP contribution in [0.15, 0.2) is 43.0 Å². The van der Waals surface area contributed by atoms with Crippen molar-refractivity contribution in [3.63, 3.8) is 0 Å². The molecule has 0 unspecified atom stereocenters. The van der Waals surface area contributed by atoms with Crippen molar-refractivity contribution in [1.82, 2.24) is 14.3 Å². The number of rotatable bonds is 4. The number of hydrogen-bond donors (Lipinski definition) is 1. The standard InChI is InChI=1S/C14H14N4O5S/c1-8-4-3-5-10(6-8)7-11-16-23-14(19)18(11)24(20,21)12-9(2)22-17-13(12)15/h3-6H,7H2,1-2H3,(H2,15,17). The van der Waals surface area contributed by atoms with Crippen molar-refractivity contribution in [2.24, 2.45) is 0 Å². The number of nitrogen functional groups attached to an aromatic ring is 1. The highest BCUT2D eigenvalue weighted by molar-refractivity contribution is 7.90. The van der Waals surface area contributed by atoms with E-state index >= 15 is 0 Å². The predicted octanol–water partition coefficient (Wildman–Crippen LogP) is 0.851. The van der Waals surface area contributed by atoms with Gasteiger partial charge in [0.2, 0.25) is 0 Å². The van der Waals surface area contributed by atoms with Crippen molar-refractivity contribution < 1.29 is 17.5 Å². The quantitative estimate of drug-likeness (QED) is 0.732. The maximum atomic E-state index is 12.8. The molecule has 9 nitrogen and oxygen atoms in total. The zero-order valence-electron chi connectivity index (χ0n) is 12.9. The third-order valence-corrected chi connectivity index (χ3v) is 5.26. The molecule has 3 rings (SSSR count). The van der Waals surface area contributed by atoms with Crippen LogP contribution in [-0.2, 0) is 16.4 Å². The maximum absolute atomic E-state index is 12.8. The summed E-state index contributed by atoms with van der Waals surface area (Å²) in [7, 11) is -4.34. The van der Waals surface area contributed by atoms with Crippen LogP contribution >= 0.6 is 0 Å². The molecule has 0 bridgehead atoms. The summed E-state index contributed by atoms with van der Waals surface area (Å²) in [5, 5.41) is 6.99. The van der Waals surface area contributed by atoms with E-state index in [-0.39, 0.29) is 28.7 Å². The number of hydrogen-bond acceptors (Lipinski definition) is 8. The van der Waals surface area contributed by atoms with Gasteiger partial charge in [-0.05, 0) is 19.4 Å². The van der Waals surface area contributed by atoms with Crippen LogP contribution < -0.4 is 11.5 Å². The third kappa shape index (κ3) is 2.60. The molecule has 2 aromatic heterocycles. The Labute approximate surface area is 136 Å². The lowest BCUT2D eigenvalue weighted by molar-refractivity contribution is 0.380. The van der Waals surface area contributed by atoms with E-state index in [1.807, 2.05) is 25.1 Å². The highest BCUT2D eigenvalue weighted by atomic mass is 32.2. The highest BCUT2D eigenvalue weighted by Gasteiger charge is 2.32. The van der Waals surface area contributed by atoms with E-state index < -0.39 is 15.8 Å². The fourth-order valence-corrected chi connectivity index (χ4v) is 3.89. The summed E-state index contributed by atoms with van der Waals surface area (Å²) in [6.07, 6.45) is 0.0941. The van der Waals surface area contributed by atoms with E-state index in [2.05, 4.69) is 14.8 Å². The number of benzene rings is 1. The minimum Gasteiger partial charge on any atom is -0.380 e. The lowest BCUT2D eigenvalue weighted by Crippen LogP contribution is -2.27. The molecule has 10 heteroatoms. The normalized spacial score (nSPS) is 11.8. The number of nitrogens with zero attached hydrogens (tertiary/aromatic N) is 3. The van der Waals surface area contributed by atoms with Crippen LogP contribution in [-0.4, -0.2) is 22.7 Å². The molecule has 24 heavy (non-hydrogen) atoms. The fourth-order valence-electron chi connectivity index (χ4n) is 2.40. The van der Waals surface area contributed by atoms with Crippen LogP contribution in [0.1, 0.15) is 22.7 Å². The van der Waals surface area contributed by atoms with Gasteiger partial charge in [-0.15, -0.1) is 3.97 Å². The number of aryl methyl sites for hydroxylation is 2. The first-order chi connectivity index (χ1) is 11.3. The van der Waals surface area contributed by atoms with E-state index in [9.17, 15) is 13.2 Å². The Kier molecular flexibility index (Phi) is 3.76. The molecule has 0 aliphatic heterocycles. The molecule has 1 aromatic carbocycles. The Balaban J connectivity index is 2.13. The van der Waals surface area contributed by atoms with Gasteiger partial charge in [0.15, 0.2) is 22.3 Å². The van der Waals surface area contributed by atoms with E-state index in [4.69, 9.17) is 10.3 Å². The summed E-state index contributed by atoms with van der Waals surface area (Å²) in [4.78, 5) is 11.5. The molecule has 0 saturated carbocycles. The zero-order valence-corrected chi connectivity index (χ0v) is 13.7. The van der Waals surface area contributed by atoms with Crippen LogP contribution in [0.25, 0.3) is 0 Å². The monoisotopic (exact) mass is 350 g/mol. The van der Waals surface area contributed by atoms with Crippen molar-refractivity contribution in [3.05, 3.63) is 57.5 Å². The number of aromatic nitrogens is 3. The molecule has 0 saturated heterocycles. The van der Waals surface area contributed by atoms with Gasteiger partial charge in [0.25, 0.3) is 10.0 Å². The molecular weight excluding hydrogens is 336 g/mol. The number of anilines is 1. The van der Waals surface area contributed by atoms with Gasteiger partial charge in [-0.25, -0.2) is 13.2 Å². The van der Waals surface area contributed by atoms with E-state index in [0.29, 0.717) is 3.97 Å². The van der Waals surface area contributed by atoms with Crippen molar-refractivity contribution in [2.75, 3.05) is 5.73 Å². The molecule has 0 fully saturated rings. The van der Waals surface area contributed by atoms with Gasteiger partial charge in [-0.1, -0.05) is 40.1 Å². The molecule has 126 valence electrons. The molecule has 2 N–H and O–H groups in total. The zero-order chi connectivity index (χ0) is 17.5. The first kappa shape index (κ1) is 16.0. The lowest BCUT2D eigenvalue weighted by Gasteiger charge is -2.06. The van der Waals surface area contributed by atoms with Crippen LogP contribution in [0.5, 0.6) is 0 Å². The van der Waals surface area contributed by atoms with Crippen molar-refractivity contribution in [2.45, 2.75) is 25.2 Å². The summed E-state index contributed by atoms with van der Waals surface area (Å²) < 4.78 is 35.4. The second kappa shape index (κ2) is 5.64. The Morgan fingerprint density at radius 3 is 2.58 bits per heavy atom. The van der Waals surface area contributed by atoms with E-state index in [1.54, 1.807) is 6.07 Å². The summed E-state index contributed by atoms with van der Waals surface area (Å²) in [6, 6.07) is 7.37. The fraction of sp³-hybridized carbons (Fsp3) is 0.214. The van der Waals surface area contributed by atoms with Crippen LogP contribution in [0, 0.1) is 13.8 Å². The minimum absolute atomic E-state index is 0.0258. The summed E-state index contributed by atoms with van der Waals surface area (Å²) in [5.41, 5.74) is 7.33. The lowest BCUT2D eigenvalue weighted by atomic mass is 10.1. The Bertz CT molecular complexity index is 1040. The van der Waals surface area contributed by atoms with E-state index in [1.165, 1.54) is 6.92 Å². The van der Waals surface area contributed by atoms with Crippen LogP contribution in [0.4, 0.5) is 5.82 Å². The molecule has 0 amide bonds. The van der Waals surface area contributed by atoms with Gasteiger partial charge >= 0.3 is 5.76 Å². The average Bonchev–Trinajstić information content (AvgIpc) is 3.02. The second-order valence-corrected chi connectivity index (χ2v) is 6.98. The maximum Gasteiger partial charge on any atom is 0.456 e. The minimum atomic E-state index is -4.34. The summed E-state index contributed by atoms with van der Waals surface area (Å²) >= 11 is 0. The first-order valence-electron chi connectivity index (χ1n) is 6.91. The molecular formula is C14H14N4O5S. The average molecular weight is 350 g/mol. The smallest absolute Gasteiger partial charge is 0.380 e. The van der Waals surface area contributed by atoms with Gasteiger partial charge in [0, 0.05) is 6.42 Å². The topological polar surface area (TPSA) is 134 Å². The third-order valence-electron chi connectivity index (χ3n) is 3.41. The molecule has 0 aliphatic carbocycles. The van der Waals surface area contributed by atoms with Gasteiger partial charge in [0.1, 0.15) is 0 Å². The SMILES string of the molecule is Cc1cccc(Cc2noc(=O)n2S(=O)(=O)c2c(N)noc2C)c1. The molecule has 3 aromatic rings. The van der Waals surface area contributed by atoms with Crippen molar-refractivity contribution in [3.8, 4) is 0 Å². The second-order valence-electron chi connectivity index (χ2n) is 5.25. The Morgan fingerprint density at radius 1 is 1.21 bits per heavy atom. The number of nitrogens with two attached hydrogens (primary N) is 1. The summed E-state index contributed by atoms with van der Waals surface area (Å²) in [5.74, 6) is -1.55. The Morgan fingerprint density at radius 2 is 1.96 bits per heavy atom. The highest BCUT2D eigenvalue weighted by Crippen LogP contribution is 2.24.